The highest BCUT2D eigenvalue weighted by Gasteiger charge is 2.33. The summed E-state index contributed by atoms with van der Waals surface area (Å²) in [7, 11) is 0. The van der Waals surface area contributed by atoms with Gasteiger partial charge in [-0.3, -0.25) is 18.9 Å². The van der Waals surface area contributed by atoms with E-state index in [1.165, 1.54) is 28.3 Å². The summed E-state index contributed by atoms with van der Waals surface area (Å²) >= 11 is 6.72. The van der Waals surface area contributed by atoms with E-state index in [2.05, 4.69) is 16.7 Å². The minimum absolute atomic E-state index is 0.157. The van der Waals surface area contributed by atoms with Gasteiger partial charge in [0.1, 0.15) is 21.6 Å². The number of halogens is 1. The summed E-state index contributed by atoms with van der Waals surface area (Å²) in [5.74, 6) is 0.144. The van der Waals surface area contributed by atoms with Gasteiger partial charge in [-0.25, -0.2) is 9.37 Å². The lowest BCUT2D eigenvalue weighted by molar-refractivity contribution is -0.122. The quantitative estimate of drug-likeness (QED) is 0.249. The Bertz CT molecular complexity index is 1410. The Morgan fingerprint density at radius 1 is 1.03 bits per heavy atom. The van der Waals surface area contributed by atoms with E-state index in [9.17, 15) is 14.0 Å². The molecule has 0 radical (unpaired) electrons. The van der Waals surface area contributed by atoms with E-state index in [4.69, 9.17) is 17.2 Å². The van der Waals surface area contributed by atoms with E-state index >= 15 is 0 Å². The van der Waals surface area contributed by atoms with Crippen molar-refractivity contribution in [3.63, 3.8) is 0 Å². The van der Waals surface area contributed by atoms with Crippen molar-refractivity contribution in [1.82, 2.24) is 14.3 Å². The summed E-state index contributed by atoms with van der Waals surface area (Å²) < 4.78 is 15.4. The zero-order chi connectivity index (χ0) is 25.9. The molecule has 192 valence electrons. The lowest BCUT2D eigenvalue weighted by Gasteiger charge is -2.37. The van der Waals surface area contributed by atoms with E-state index < -0.39 is 0 Å². The van der Waals surface area contributed by atoms with Gasteiger partial charge in [-0.05, 0) is 48.9 Å². The van der Waals surface area contributed by atoms with Crippen molar-refractivity contribution in [2.24, 2.45) is 0 Å². The average molecular weight is 538 g/mol. The zero-order valence-electron chi connectivity index (χ0n) is 20.6. The molecule has 0 spiro atoms. The Morgan fingerprint density at radius 2 is 1.76 bits per heavy atom. The number of pyridine rings is 1. The van der Waals surface area contributed by atoms with Gasteiger partial charge in [0.05, 0.1) is 10.5 Å². The van der Waals surface area contributed by atoms with Gasteiger partial charge >= 0.3 is 0 Å². The third-order valence-electron chi connectivity index (χ3n) is 6.65. The number of thioether (sulfide) groups is 1. The maximum absolute atomic E-state index is 13.6. The lowest BCUT2D eigenvalue weighted by atomic mass is 10.2. The van der Waals surface area contributed by atoms with Gasteiger partial charge in [0, 0.05) is 44.6 Å². The third kappa shape index (κ3) is 5.26. The van der Waals surface area contributed by atoms with E-state index in [1.807, 2.05) is 6.07 Å². The molecule has 4 heterocycles. The largest absolute Gasteiger partial charge is 0.368 e. The number of unbranched alkanes of at least 4 members (excludes halogenated alkanes) is 2. The van der Waals surface area contributed by atoms with Gasteiger partial charge in [-0.2, -0.15) is 0 Å². The van der Waals surface area contributed by atoms with Crippen LogP contribution in [0.1, 0.15) is 31.7 Å². The van der Waals surface area contributed by atoms with Gasteiger partial charge in [0.2, 0.25) is 0 Å². The van der Waals surface area contributed by atoms with Crippen LogP contribution in [0.15, 0.2) is 58.4 Å². The van der Waals surface area contributed by atoms with Crippen molar-refractivity contribution < 1.29 is 9.18 Å². The predicted molar refractivity (Wildman–Crippen MR) is 152 cm³/mol. The number of piperazine rings is 1. The first-order valence-corrected chi connectivity index (χ1v) is 13.7. The topological polar surface area (TPSA) is 61.2 Å². The first kappa shape index (κ1) is 25.4. The number of carbonyl (C=O) groups is 1. The second kappa shape index (κ2) is 11.0. The van der Waals surface area contributed by atoms with Crippen LogP contribution in [0.4, 0.5) is 15.9 Å². The number of thiocarbonyl (C=S) groups is 1. The van der Waals surface area contributed by atoms with E-state index in [0.717, 1.165) is 24.9 Å². The normalized spacial score (nSPS) is 17.5. The Balaban J connectivity index is 1.46. The second-order valence-corrected chi connectivity index (χ2v) is 10.7. The first-order chi connectivity index (χ1) is 18.0. The number of carbonyl (C=O) groups excluding carboxylic acids is 1. The van der Waals surface area contributed by atoms with Crippen LogP contribution in [0.2, 0.25) is 0 Å². The van der Waals surface area contributed by atoms with Gasteiger partial charge in [-0.15, -0.1) is 0 Å². The predicted octanol–water partition coefficient (Wildman–Crippen LogP) is 4.55. The number of aromatic nitrogens is 2. The molecular formula is C27H28FN5O2S2. The maximum atomic E-state index is 13.6. The molecule has 2 aliphatic heterocycles. The molecule has 2 saturated heterocycles. The fourth-order valence-electron chi connectivity index (χ4n) is 4.63. The Hall–Kier alpha value is -3.24. The van der Waals surface area contributed by atoms with Crippen LogP contribution in [-0.4, -0.2) is 57.2 Å². The van der Waals surface area contributed by atoms with E-state index in [1.54, 1.807) is 41.4 Å². The van der Waals surface area contributed by atoms with E-state index in [-0.39, 0.29) is 17.3 Å². The van der Waals surface area contributed by atoms with E-state index in [0.29, 0.717) is 59.0 Å². The molecule has 0 N–H and O–H groups in total. The molecule has 7 nitrogen and oxygen atoms in total. The molecule has 0 saturated carbocycles. The standard InChI is InChI=1S/C27H28FN5O2S2/c1-2-3-5-13-33-26(35)22(37-27(33)36)18-21-24(29-23-7-4-6-12-32(23)25(21)34)31-16-14-30(15-17-31)20-10-8-19(28)9-11-20/h4,6-12,18H,2-3,5,13-17H2,1H3/b22-18-. The van der Waals surface area contributed by atoms with Crippen molar-refractivity contribution in [3.8, 4) is 0 Å². The van der Waals surface area contributed by atoms with Gasteiger partial charge in [0.15, 0.2) is 0 Å². The SMILES string of the molecule is CCCCCN1C(=O)/C(=C/c2c(N3CCN(c4ccc(F)cc4)CC3)nc3ccccn3c2=O)SC1=S. The molecule has 5 rings (SSSR count). The van der Waals surface area contributed by atoms with Crippen LogP contribution in [-0.2, 0) is 4.79 Å². The van der Waals surface area contributed by atoms with Crippen molar-refractivity contribution in [2.45, 2.75) is 26.2 Å². The van der Waals surface area contributed by atoms with Crippen LogP contribution in [0.25, 0.3) is 11.7 Å². The van der Waals surface area contributed by atoms with Crippen LogP contribution < -0.4 is 15.4 Å². The molecule has 0 unspecified atom stereocenters. The number of fused-ring (bicyclic) bond motifs is 1. The third-order valence-corrected chi connectivity index (χ3v) is 8.03. The van der Waals surface area contributed by atoms with Gasteiger partial charge in [-0.1, -0.05) is 49.8 Å². The molecular weight excluding hydrogens is 509 g/mol. The van der Waals surface area contributed by atoms with Crippen molar-refractivity contribution in [3.05, 3.63) is 75.3 Å². The summed E-state index contributed by atoms with van der Waals surface area (Å²) in [5, 5.41) is 0. The smallest absolute Gasteiger partial charge is 0.267 e. The van der Waals surface area contributed by atoms with Crippen molar-refractivity contribution in [1.29, 1.82) is 0 Å². The molecule has 0 atom stereocenters. The van der Waals surface area contributed by atoms with Crippen LogP contribution >= 0.6 is 24.0 Å². The molecule has 3 aromatic rings. The number of hydrogen-bond donors (Lipinski definition) is 0. The van der Waals surface area contributed by atoms with Crippen molar-refractivity contribution in [2.75, 3.05) is 42.5 Å². The number of anilines is 2. The molecule has 2 aromatic heterocycles. The van der Waals surface area contributed by atoms with Crippen LogP contribution in [0.3, 0.4) is 0 Å². The Labute approximate surface area is 224 Å². The first-order valence-electron chi connectivity index (χ1n) is 12.5. The summed E-state index contributed by atoms with van der Waals surface area (Å²) in [6, 6.07) is 11.9. The van der Waals surface area contributed by atoms with Crippen LogP contribution in [0.5, 0.6) is 0 Å². The highest BCUT2D eigenvalue weighted by atomic mass is 32.2. The zero-order valence-corrected chi connectivity index (χ0v) is 22.2. The van der Waals surface area contributed by atoms with Crippen molar-refractivity contribution >= 4 is 57.4 Å². The minimum atomic E-state index is -0.261. The molecule has 2 fully saturated rings. The number of benzene rings is 1. The maximum Gasteiger partial charge on any atom is 0.267 e. The molecule has 1 amide bonds. The average Bonchev–Trinajstić information content (AvgIpc) is 3.18. The molecule has 37 heavy (non-hydrogen) atoms. The fraction of sp³-hybridized carbons (Fsp3) is 0.333. The summed E-state index contributed by atoms with van der Waals surface area (Å²) in [5.41, 5.74) is 1.66. The molecule has 1 aromatic carbocycles. The number of hydrogen-bond acceptors (Lipinski definition) is 7. The number of nitrogens with zero attached hydrogens (tertiary/aromatic N) is 5. The fourth-order valence-corrected chi connectivity index (χ4v) is 5.92. The summed E-state index contributed by atoms with van der Waals surface area (Å²) in [6.07, 6.45) is 6.33. The Kier molecular flexibility index (Phi) is 7.57. The minimum Gasteiger partial charge on any atom is -0.368 e. The lowest BCUT2D eigenvalue weighted by Crippen LogP contribution is -2.47. The molecule has 2 aliphatic rings. The molecule has 10 heteroatoms. The van der Waals surface area contributed by atoms with Crippen LogP contribution in [0, 0.1) is 5.82 Å². The highest BCUT2D eigenvalue weighted by Crippen LogP contribution is 2.34. The summed E-state index contributed by atoms with van der Waals surface area (Å²) in [4.78, 5) is 38.0. The van der Waals surface area contributed by atoms with Gasteiger partial charge < -0.3 is 9.80 Å². The second-order valence-electron chi connectivity index (χ2n) is 9.07. The van der Waals surface area contributed by atoms with Gasteiger partial charge in [0.25, 0.3) is 11.5 Å². The monoisotopic (exact) mass is 537 g/mol. The number of rotatable bonds is 7. The highest BCUT2D eigenvalue weighted by molar-refractivity contribution is 8.26. The Morgan fingerprint density at radius 3 is 2.49 bits per heavy atom. The summed E-state index contributed by atoms with van der Waals surface area (Å²) in [6.45, 7) is 5.35. The molecule has 0 aliphatic carbocycles. The molecule has 0 bridgehead atoms. The number of amides is 1.